The largest absolute Gasteiger partial charge is 0.492 e. The molecule has 1 N–H and O–H groups in total. The number of aromatic amines is 1. The highest BCUT2D eigenvalue weighted by Crippen LogP contribution is 2.56. The molecule has 1 aliphatic carbocycles. The van der Waals surface area contributed by atoms with E-state index in [1.807, 2.05) is 6.92 Å². The maximum atomic E-state index is 13.3. The lowest BCUT2D eigenvalue weighted by Crippen LogP contribution is -2.34. The number of hydrogen-bond donors (Lipinski definition) is 1. The standard InChI is InChI=1S/C13H13F3N2OS/c1-2-19-9-5-3-4-8-10(9)17-11(20)18(8)12(6-7-12)13(14,15)16/h3-5H,2,6-7H2,1H3,(H,17,20). The summed E-state index contributed by atoms with van der Waals surface area (Å²) in [5.41, 5.74) is -0.890. The summed E-state index contributed by atoms with van der Waals surface area (Å²) in [6.07, 6.45) is -4.17. The van der Waals surface area contributed by atoms with E-state index < -0.39 is 11.7 Å². The van der Waals surface area contributed by atoms with Crippen LogP contribution in [-0.4, -0.2) is 22.3 Å². The van der Waals surface area contributed by atoms with Crippen molar-refractivity contribution < 1.29 is 17.9 Å². The summed E-state index contributed by atoms with van der Waals surface area (Å²) in [6.45, 7) is 2.26. The van der Waals surface area contributed by atoms with Crippen LogP contribution < -0.4 is 4.74 Å². The number of alkyl halides is 3. The Kier molecular flexibility index (Phi) is 2.86. The molecule has 0 amide bonds. The lowest BCUT2D eigenvalue weighted by Gasteiger charge is -2.21. The predicted molar refractivity (Wildman–Crippen MR) is 71.6 cm³/mol. The van der Waals surface area contributed by atoms with Gasteiger partial charge in [0, 0.05) is 0 Å². The summed E-state index contributed by atoms with van der Waals surface area (Å²) in [4.78, 5) is 2.85. The first-order valence-electron chi connectivity index (χ1n) is 6.34. The van der Waals surface area contributed by atoms with E-state index in [9.17, 15) is 13.2 Å². The van der Waals surface area contributed by atoms with Crippen molar-refractivity contribution in [2.24, 2.45) is 0 Å². The second kappa shape index (κ2) is 4.25. The molecule has 3 nitrogen and oxygen atoms in total. The number of aromatic nitrogens is 2. The summed E-state index contributed by atoms with van der Waals surface area (Å²) in [5, 5.41) is 0. The Morgan fingerprint density at radius 2 is 2.10 bits per heavy atom. The Morgan fingerprint density at radius 3 is 2.65 bits per heavy atom. The van der Waals surface area contributed by atoms with Crippen molar-refractivity contribution in [1.82, 2.24) is 9.55 Å². The van der Waals surface area contributed by atoms with Gasteiger partial charge in [-0.15, -0.1) is 0 Å². The fraction of sp³-hybridized carbons (Fsp3) is 0.462. The number of para-hydroxylation sites is 1. The maximum Gasteiger partial charge on any atom is 0.412 e. The van der Waals surface area contributed by atoms with Gasteiger partial charge in [-0.2, -0.15) is 13.2 Å². The van der Waals surface area contributed by atoms with Gasteiger partial charge in [0.05, 0.1) is 12.1 Å². The molecule has 1 heterocycles. The van der Waals surface area contributed by atoms with Crippen LogP contribution in [0, 0.1) is 4.77 Å². The van der Waals surface area contributed by atoms with Gasteiger partial charge in [-0.25, -0.2) is 0 Å². The van der Waals surface area contributed by atoms with Crippen molar-refractivity contribution in [1.29, 1.82) is 0 Å². The third-order valence-electron chi connectivity index (χ3n) is 3.66. The smallest absolute Gasteiger partial charge is 0.412 e. The normalized spacial score (nSPS) is 17.4. The molecule has 1 aliphatic rings. The molecule has 1 aromatic heterocycles. The number of hydrogen-bond acceptors (Lipinski definition) is 2. The van der Waals surface area contributed by atoms with E-state index in [2.05, 4.69) is 4.98 Å². The van der Waals surface area contributed by atoms with Crippen LogP contribution in [0.5, 0.6) is 5.75 Å². The number of benzene rings is 1. The molecule has 108 valence electrons. The fourth-order valence-corrected chi connectivity index (χ4v) is 2.93. The van der Waals surface area contributed by atoms with Gasteiger partial charge in [0.25, 0.3) is 0 Å². The van der Waals surface area contributed by atoms with E-state index in [1.54, 1.807) is 18.2 Å². The van der Waals surface area contributed by atoms with Gasteiger partial charge in [0.15, 0.2) is 4.77 Å². The van der Waals surface area contributed by atoms with Crippen LogP contribution in [0.25, 0.3) is 11.0 Å². The molecule has 0 aliphatic heterocycles. The lowest BCUT2D eigenvalue weighted by molar-refractivity contribution is -0.179. The minimum absolute atomic E-state index is 0.0661. The minimum Gasteiger partial charge on any atom is -0.492 e. The van der Waals surface area contributed by atoms with Crippen molar-refractivity contribution in [3.63, 3.8) is 0 Å². The van der Waals surface area contributed by atoms with Crippen molar-refractivity contribution >= 4 is 23.3 Å². The molecule has 3 rings (SSSR count). The molecule has 20 heavy (non-hydrogen) atoms. The predicted octanol–water partition coefficient (Wildman–Crippen LogP) is 4.15. The monoisotopic (exact) mass is 302 g/mol. The number of imidazole rings is 1. The topological polar surface area (TPSA) is 29.9 Å². The number of H-pyrrole nitrogens is 1. The molecule has 7 heteroatoms. The molecular formula is C13H13F3N2OS. The van der Waals surface area contributed by atoms with E-state index in [-0.39, 0.29) is 17.6 Å². The highest BCUT2D eigenvalue weighted by atomic mass is 32.1. The average Bonchev–Trinajstić information content (AvgIpc) is 3.08. The van der Waals surface area contributed by atoms with E-state index in [0.29, 0.717) is 23.4 Å². The SMILES string of the molecule is CCOc1cccc2c1[nH]c(=S)n2C1(C(F)(F)F)CC1. The average molecular weight is 302 g/mol. The number of nitrogens with one attached hydrogen (secondary N) is 1. The quantitative estimate of drug-likeness (QED) is 0.863. The van der Waals surface area contributed by atoms with E-state index in [4.69, 9.17) is 17.0 Å². The second-order valence-corrected chi connectivity index (χ2v) is 5.26. The molecule has 0 spiro atoms. The van der Waals surface area contributed by atoms with Gasteiger partial charge in [0.2, 0.25) is 0 Å². The van der Waals surface area contributed by atoms with Gasteiger partial charge >= 0.3 is 6.18 Å². The van der Waals surface area contributed by atoms with Gasteiger partial charge in [0.1, 0.15) is 16.8 Å². The van der Waals surface area contributed by atoms with Crippen molar-refractivity contribution in [3.05, 3.63) is 23.0 Å². The summed E-state index contributed by atoms with van der Waals surface area (Å²) >= 11 is 5.11. The molecule has 0 saturated heterocycles. The van der Waals surface area contributed by atoms with Gasteiger partial charge in [-0.3, -0.25) is 0 Å². The van der Waals surface area contributed by atoms with Gasteiger partial charge < -0.3 is 14.3 Å². The third-order valence-corrected chi connectivity index (χ3v) is 3.94. The molecule has 1 aromatic carbocycles. The molecule has 1 saturated carbocycles. The Bertz CT molecular complexity index is 712. The maximum absolute atomic E-state index is 13.3. The molecule has 0 atom stereocenters. The highest BCUT2D eigenvalue weighted by molar-refractivity contribution is 7.71. The first-order chi connectivity index (χ1) is 9.40. The zero-order valence-corrected chi connectivity index (χ0v) is 11.6. The molecular weight excluding hydrogens is 289 g/mol. The highest BCUT2D eigenvalue weighted by Gasteiger charge is 2.65. The zero-order valence-electron chi connectivity index (χ0n) is 10.8. The number of rotatable bonds is 3. The Morgan fingerprint density at radius 1 is 1.40 bits per heavy atom. The van der Waals surface area contributed by atoms with Crippen LogP contribution in [0.15, 0.2) is 18.2 Å². The van der Waals surface area contributed by atoms with E-state index in [1.165, 1.54) is 4.57 Å². The second-order valence-electron chi connectivity index (χ2n) is 4.88. The fourth-order valence-electron chi connectivity index (χ4n) is 2.56. The molecule has 2 aromatic rings. The molecule has 0 unspecified atom stereocenters. The van der Waals surface area contributed by atoms with Gasteiger partial charge in [-0.05, 0) is 44.1 Å². The van der Waals surface area contributed by atoms with Crippen molar-refractivity contribution in [2.75, 3.05) is 6.61 Å². The molecule has 1 fully saturated rings. The minimum atomic E-state index is -4.30. The van der Waals surface area contributed by atoms with Crippen LogP contribution >= 0.6 is 12.2 Å². The number of fused-ring (bicyclic) bond motifs is 1. The van der Waals surface area contributed by atoms with Crippen LogP contribution in [0.3, 0.4) is 0 Å². The van der Waals surface area contributed by atoms with Crippen LogP contribution in [0.2, 0.25) is 0 Å². The van der Waals surface area contributed by atoms with E-state index >= 15 is 0 Å². The number of ether oxygens (including phenoxy) is 1. The molecule has 0 radical (unpaired) electrons. The van der Waals surface area contributed by atoms with Crippen molar-refractivity contribution in [3.8, 4) is 5.75 Å². The van der Waals surface area contributed by atoms with Crippen LogP contribution in [0.1, 0.15) is 19.8 Å². The van der Waals surface area contributed by atoms with Crippen LogP contribution in [-0.2, 0) is 5.54 Å². The summed E-state index contributed by atoms with van der Waals surface area (Å²) in [5.74, 6) is 0.521. The number of nitrogens with zero attached hydrogens (tertiary/aromatic N) is 1. The summed E-state index contributed by atoms with van der Waals surface area (Å²) < 4.78 is 46.6. The third kappa shape index (κ3) is 1.76. The van der Waals surface area contributed by atoms with Crippen molar-refractivity contribution in [2.45, 2.75) is 31.5 Å². The molecule has 0 bridgehead atoms. The first-order valence-corrected chi connectivity index (χ1v) is 6.75. The first kappa shape index (κ1) is 13.5. The Labute approximate surface area is 118 Å². The zero-order chi connectivity index (χ0) is 14.5. The lowest BCUT2D eigenvalue weighted by atomic mass is 10.2. The van der Waals surface area contributed by atoms with Crippen LogP contribution in [0.4, 0.5) is 13.2 Å². The van der Waals surface area contributed by atoms with E-state index in [0.717, 1.165) is 0 Å². The van der Waals surface area contributed by atoms with Gasteiger partial charge in [-0.1, -0.05) is 6.07 Å². The summed E-state index contributed by atoms with van der Waals surface area (Å²) in [7, 11) is 0. The Balaban J connectivity index is 2.26. The number of halogens is 3. The summed E-state index contributed by atoms with van der Waals surface area (Å²) in [6, 6.07) is 5.03. The Hall–Kier alpha value is -1.50.